The van der Waals surface area contributed by atoms with Crippen LogP contribution >= 0.6 is 0 Å². The quantitative estimate of drug-likeness (QED) is 0.0199. The number of unbranched alkanes of at least 4 members (excludes halogenated alkanes) is 16. The largest absolute Gasteiger partial charge is 0.462 e. The van der Waals surface area contributed by atoms with Gasteiger partial charge >= 0.3 is 17.9 Å². The fraction of sp³-hybridized carbons (Fsp3) is 0.547. The normalized spacial score (nSPS) is 13.4. The molecule has 0 fully saturated rings. The Labute approximate surface area is 429 Å². The Balaban J connectivity index is 4.61. The van der Waals surface area contributed by atoms with E-state index < -0.39 is 6.10 Å². The van der Waals surface area contributed by atoms with Gasteiger partial charge in [-0.3, -0.25) is 14.4 Å². The van der Waals surface area contributed by atoms with Crippen LogP contribution in [0.4, 0.5) is 0 Å². The van der Waals surface area contributed by atoms with Gasteiger partial charge in [0.05, 0.1) is 0 Å². The summed E-state index contributed by atoms with van der Waals surface area (Å²) in [4.78, 5) is 38.1. The fourth-order valence-electron chi connectivity index (χ4n) is 6.86. The maximum Gasteiger partial charge on any atom is 0.306 e. The van der Waals surface area contributed by atoms with Crippen molar-refractivity contribution in [2.24, 2.45) is 0 Å². The Morgan fingerprint density at radius 1 is 0.314 bits per heavy atom. The lowest BCUT2D eigenvalue weighted by Crippen LogP contribution is -2.30. The summed E-state index contributed by atoms with van der Waals surface area (Å²) in [7, 11) is 0. The Kier molecular flexibility index (Phi) is 52.6. The minimum atomic E-state index is -0.829. The molecule has 0 aromatic carbocycles. The van der Waals surface area contributed by atoms with Crippen LogP contribution in [0.2, 0.25) is 0 Å². The van der Waals surface area contributed by atoms with Gasteiger partial charge in [-0.1, -0.05) is 237 Å². The first-order valence-corrected chi connectivity index (χ1v) is 27.6. The lowest BCUT2D eigenvalue weighted by atomic mass is 10.1. The number of ether oxygens (including phenoxy) is 3. The highest BCUT2D eigenvalue weighted by molar-refractivity contribution is 5.71. The molecule has 6 nitrogen and oxygen atoms in total. The van der Waals surface area contributed by atoms with Crippen molar-refractivity contribution in [1.82, 2.24) is 0 Å². The first-order chi connectivity index (χ1) is 34.5. The molecule has 0 saturated carbocycles. The summed E-state index contributed by atoms with van der Waals surface area (Å²) < 4.78 is 16.8. The van der Waals surface area contributed by atoms with Gasteiger partial charge in [-0.15, -0.1) is 0 Å². The Morgan fingerprint density at radius 2 is 0.629 bits per heavy atom. The SMILES string of the molecule is CC\C=C/C=C\C=C/C=C\C=C\C=C/C=C\CCCCCC(=O)OCC(COC(=O)CCCCC/C=C\CCCCCCCCC)OC(=O)CCCCC/C=C\C/C=C\C/C=C\C/C=C\C/C=C\CC. The van der Waals surface area contributed by atoms with E-state index in [1.165, 1.54) is 44.9 Å². The molecule has 0 spiro atoms. The second kappa shape index (κ2) is 56.6. The number of rotatable bonds is 47. The minimum absolute atomic E-state index is 0.122. The van der Waals surface area contributed by atoms with Crippen molar-refractivity contribution < 1.29 is 28.6 Å². The molecular weight excluding hydrogens is 865 g/mol. The molecular formula is C64H98O6. The summed E-state index contributed by atoms with van der Waals surface area (Å²) in [5, 5.41) is 0. The molecule has 1 unspecified atom stereocenters. The molecule has 0 aromatic rings. The first-order valence-electron chi connectivity index (χ1n) is 27.6. The smallest absolute Gasteiger partial charge is 0.306 e. The van der Waals surface area contributed by atoms with Crippen LogP contribution in [-0.2, 0) is 28.6 Å². The predicted molar refractivity (Wildman–Crippen MR) is 302 cm³/mol. The average molecular weight is 963 g/mol. The Morgan fingerprint density at radius 3 is 1.06 bits per heavy atom. The zero-order valence-corrected chi connectivity index (χ0v) is 44.5. The van der Waals surface area contributed by atoms with Gasteiger partial charge < -0.3 is 14.2 Å². The molecule has 70 heavy (non-hydrogen) atoms. The average Bonchev–Trinajstić information content (AvgIpc) is 3.36. The van der Waals surface area contributed by atoms with E-state index >= 15 is 0 Å². The van der Waals surface area contributed by atoms with Crippen molar-refractivity contribution in [2.75, 3.05) is 13.2 Å². The molecule has 0 heterocycles. The van der Waals surface area contributed by atoms with E-state index in [9.17, 15) is 14.4 Å². The van der Waals surface area contributed by atoms with Crippen LogP contribution in [0.3, 0.4) is 0 Å². The second-order valence-electron chi connectivity index (χ2n) is 17.6. The zero-order valence-electron chi connectivity index (χ0n) is 44.5. The molecule has 0 saturated heterocycles. The van der Waals surface area contributed by atoms with Gasteiger partial charge in [0.2, 0.25) is 0 Å². The maximum absolute atomic E-state index is 12.8. The summed E-state index contributed by atoms with van der Waals surface area (Å²) in [6.07, 6.45) is 82.2. The van der Waals surface area contributed by atoms with Crippen LogP contribution in [0.5, 0.6) is 0 Å². The van der Waals surface area contributed by atoms with E-state index in [1.54, 1.807) is 0 Å². The van der Waals surface area contributed by atoms with E-state index in [4.69, 9.17) is 14.2 Å². The van der Waals surface area contributed by atoms with Gasteiger partial charge in [-0.2, -0.15) is 0 Å². The van der Waals surface area contributed by atoms with Gasteiger partial charge in [0.15, 0.2) is 6.10 Å². The summed E-state index contributed by atoms with van der Waals surface area (Å²) in [6.45, 7) is 6.27. The third-order valence-corrected chi connectivity index (χ3v) is 10.9. The molecule has 0 radical (unpaired) electrons. The van der Waals surface area contributed by atoms with Crippen LogP contribution in [0, 0.1) is 0 Å². The fourth-order valence-corrected chi connectivity index (χ4v) is 6.86. The topological polar surface area (TPSA) is 78.9 Å². The van der Waals surface area contributed by atoms with E-state index in [2.05, 4.69) is 106 Å². The molecule has 1 atom stereocenters. The van der Waals surface area contributed by atoms with Crippen molar-refractivity contribution in [3.05, 3.63) is 158 Å². The highest BCUT2D eigenvalue weighted by Crippen LogP contribution is 2.12. The van der Waals surface area contributed by atoms with Gasteiger partial charge in [-0.25, -0.2) is 0 Å². The Hall–Kier alpha value is -4.97. The maximum atomic E-state index is 12.8. The standard InChI is InChI=1S/C64H98O6/c1-4-7-10-13-16-19-22-25-28-30-32-34-36-39-42-45-48-51-54-57-63(66)69-60-61(59-68-62(65)56-53-50-47-44-41-38-27-24-21-18-15-12-9-6-3)70-64(67)58-55-52-49-46-43-40-37-35-33-31-29-26-23-20-17-14-11-8-5-2/h7-8,10-11,13,16-17,19-20,22,25-26,28-30,32-36,38-43,61H,4-6,9,12,14-15,18,21,23-24,27,31,37,44-60H2,1-3H3/b10-7-,11-8-,16-13-,20-17-,22-19-,28-25-,29-26-,32-30+,35-33-,36-34-,41-38-,42-39-,43-40-. The lowest BCUT2D eigenvalue weighted by molar-refractivity contribution is -0.167. The van der Waals surface area contributed by atoms with Gasteiger partial charge in [-0.05, 0) is 109 Å². The number of carbonyl (C=O) groups excluding carboxylic acids is 3. The number of allylic oxidation sites excluding steroid dienone is 26. The monoisotopic (exact) mass is 963 g/mol. The summed E-state index contributed by atoms with van der Waals surface area (Å²) in [5.41, 5.74) is 0. The molecule has 6 heteroatoms. The van der Waals surface area contributed by atoms with Crippen LogP contribution in [-0.4, -0.2) is 37.2 Å². The molecule has 0 aliphatic rings. The zero-order chi connectivity index (χ0) is 50.7. The van der Waals surface area contributed by atoms with E-state index in [-0.39, 0.29) is 44.0 Å². The van der Waals surface area contributed by atoms with Crippen molar-refractivity contribution in [3.63, 3.8) is 0 Å². The van der Waals surface area contributed by atoms with Crippen molar-refractivity contribution in [3.8, 4) is 0 Å². The molecule has 0 N–H and O–H groups in total. The Bertz CT molecular complexity index is 1620. The molecule has 0 aliphatic carbocycles. The lowest BCUT2D eigenvalue weighted by Gasteiger charge is -2.18. The summed E-state index contributed by atoms with van der Waals surface area (Å²) in [5.74, 6) is -1.03. The van der Waals surface area contributed by atoms with Crippen molar-refractivity contribution in [1.29, 1.82) is 0 Å². The van der Waals surface area contributed by atoms with E-state index in [0.717, 1.165) is 109 Å². The van der Waals surface area contributed by atoms with Crippen LogP contribution in [0.15, 0.2) is 158 Å². The van der Waals surface area contributed by atoms with Crippen molar-refractivity contribution >= 4 is 17.9 Å². The third-order valence-electron chi connectivity index (χ3n) is 10.9. The molecule has 0 bridgehead atoms. The van der Waals surface area contributed by atoms with E-state index in [1.807, 2.05) is 72.9 Å². The second-order valence-corrected chi connectivity index (χ2v) is 17.6. The summed E-state index contributed by atoms with van der Waals surface area (Å²) >= 11 is 0. The van der Waals surface area contributed by atoms with Gasteiger partial charge in [0.1, 0.15) is 13.2 Å². The minimum Gasteiger partial charge on any atom is -0.462 e. The predicted octanol–water partition coefficient (Wildman–Crippen LogP) is 18.6. The molecule has 0 rings (SSSR count). The number of esters is 3. The van der Waals surface area contributed by atoms with Gasteiger partial charge in [0, 0.05) is 19.3 Å². The highest BCUT2D eigenvalue weighted by atomic mass is 16.6. The van der Waals surface area contributed by atoms with Crippen LogP contribution in [0.1, 0.15) is 207 Å². The number of hydrogen-bond acceptors (Lipinski definition) is 6. The molecule has 0 aliphatic heterocycles. The third kappa shape index (κ3) is 54.0. The molecule has 0 amide bonds. The van der Waals surface area contributed by atoms with E-state index in [0.29, 0.717) is 19.3 Å². The molecule has 390 valence electrons. The number of carbonyl (C=O) groups is 3. The van der Waals surface area contributed by atoms with Crippen LogP contribution in [0.25, 0.3) is 0 Å². The molecule has 0 aromatic heterocycles. The number of hydrogen-bond donors (Lipinski definition) is 0. The highest BCUT2D eigenvalue weighted by Gasteiger charge is 2.19. The summed E-state index contributed by atoms with van der Waals surface area (Å²) in [6, 6.07) is 0. The van der Waals surface area contributed by atoms with Crippen molar-refractivity contribution in [2.45, 2.75) is 213 Å². The van der Waals surface area contributed by atoms with Gasteiger partial charge in [0.25, 0.3) is 0 Å². The first kappa shape index (κ1) is 65.0. The van der Waals surface area contributed by atoms with Crippen LogP contribution < -0.4 is 0 Å².